The van der Waals surface area contributed by atoms with E-state index in [1.807, 2.05) is 0 Å². The number of nitrogens with zero attached hydrogens (tertiary/aromatic N) is 1. The van der Waals surface area contributed by atoms with Crippen LogP contribution in [-0.2, 0) is 14.6 Å². The maximum absolute atomic E-state index is 13.5. The van der Waals surface area contributed by atoms with Crippen molar-refractivity contribution in [2.24, 2.45) is 0 Å². The molecule has 0 heterocycles. The average Bonchev–Trinajstić information content (AvgIpc) is 2.68. The molecule has 0 fully saturated rings. The van der Waals surface area contributed by atoms with E-state index in [1.165, 1.54) is 12.1 Å². The highest BCUT2D eigenvalue weighted by Crippen LogP contribution is 2.27. The van der Waals surface area contributed by atoms with Gasteiger partial charge in [-0.15, -0.1) is 0 Å². The Labute approximate surface area is 175 Å². The maximum atomic E-state index is 13.5. The van der Waals surface area contributed by atoms with Crippen LogP contribution in [0.25, 0.3) is 0 Å². The number of hydrogen-bond donors (Lipinski definition) is 3. The Morgan fingerprint density at radius 1 is 1.06 bits per heavy atom. The summed E-state index contributed by atoms with van der Waals surface area (Å²) in [7, 11) is -3.62. The highest BCUT2D eigenvalue weighted by Gasteiger charge is 2.18. The number of carbonyl (C=O) groups is 2. The molecule has 0 unspecified atom stereocenters. The second kappa shape index (κ2) is 9.93. The minimum Gasteiger partial charge on any atom is -0.378 e. The molecule has 0 spiro atoms. The fraction of sp³-hybridized carbons (Fsp3) is 0.222. The number of hydrogen-bond acceptors (Lipinski definition) is 7. The third-order valence-electron chi connectivity index (χ3n) is 3.94. The van der Waals surface area contributed by atoms with Crippen LogP contribution >= 0.6 is 0 Å². The van der Waals surface area contributed by atoms with E-state index in [0.29, 0.717) is 6.07 Å². The molecule has 2 amide bonds. The molecule has 13 heteroatoms. The second-order valence-electron chi connectivity index (χ2n) is 6.29. The fourth-order valence-electron chi connectivity index (χ4n) is 2.43. The SMILES string of the molecule is CS(=O)(=O)c1ccc(NCCNC(=O)CNC(=O)c2ccc(F)cc2F)c([N+](=O)[O-])c1. The molecule has 3 N–H and O–H groups in total. The van der Waals surface area contributed by atoms with Gasteiger partial charge in [-0.1, -0.05) is 0 Å². The van der Waals surface area contributed by atoms with E-state index >= 15 is 0 Å². The molecule has 31 heavy (non-hydrogen) atoms. The highest BCUT2D eigenvalue weighted by atomic mass is 32.2. The molecule has 166 valence electrons. The van der Waals surface area contributed by atoms with Crippen LogP contribution in [0.1, 0.15) is 10.4 Å². The first kappa shape index (κ1) is 23.7. The van der Waals surface area contributed by atoms with E-state index in [1.54, 1.807) is 0 Å². The van der Waals surface area contributed by atoms with Crippen LogP contribution in [0.15, 0.2) is 41.3 Å². The van der Waals surface area contributed by atoms with Gasteiger partial charge < -0.3 is 16.0 Å². The summed E-state index contributed by atoms with van der Waals surface area (Å²) in [6.07, 6.45) is 0.929. The largest absolute Gasteiger partial charge is 0.378 e. The van der Waals surface area contributed by atoms with E-state index in [0.717, 1.165) is 24.5 Å². The first-order valence-corrected chi connectivity index (χ1v) is 10.6. The molecule has 2 rings (SSSR count). The normalized spacial score (nSPS) is 10.9. The first-order chi connectivity index (χ1) is 14.5. The molecule has 0 saturated heterocycles. The summed E-state index contributed by atoms with van der Waals surface area (Å²) < 4.78 is 49.4. The highest BCUT2D eigenvalue weighted by molar-refractivity contribution is 7.90. The van der Waals surface area contributed by atoms with Gasteiger partial charge in [0.05, 0.1) is 21.9 Å². The number of anilines is 1. The van der Waals surface area contributed by atoms with Crippen molar-refractivity contribution in [2.75, 3.05) is 31.2 Å². The van der Waals surface area contributed by atoms with Crippen molar-refractivity contribution >= 4 is 33.0 Å². The third kappa shape index (κ3) is 6.70. The van der Waals surface area contributed by atoms with Crippen molar-refractivity contribution in [3.8, 4) is 0 Å². The van der Waals surface area contributed by atoms with E-state index < -0.39 is 56.0 Å². The molecule has 10 nitrogen and oxygen atoms in total. The number of benzene rings is 2. The van der Waals surface area contributed by atoms with Crippen molar-refractivity contribution < 1.29 is 31.7 Å². The van der Waals surface area contributed by atoms with Crippen molar-refractivity contribution in [1.29, 1.82) is 0 Å². The Morgan fingerprint density at radius 2 is 1.77 bits per heavy atom. The van der Waals surface area contributed by atoms with Gasteiger partial charge in [-0.05, 0) is 24.3 Å². The molecule has 0 bridgehead atoms. The smallest absolute Gasteiger partial charge is 0.293 e. The first-order valence-electron chi connectivity index (χ1n) is 8.71. The maximum Gasteiger partial charge on any atom is 0.293 e. The number of nitro groups is 1. The number of carbonyl (C=O) groups excluding carboxylic acids is 2. The van der Waals surface area contributed by atoms with Crippen molar-refractivity contribution in [2.45, 2.75) is 4.90 Å². The van der Waals surface area contributed by atoms with Gasteiger partial charge in [0.2, 0.25) is 5.91 Å². The molecule has 0 radical (unpaired) electrons. The van der Waals surface area contributed by atoms with Gasteiger partial charge in [-0.2, -0.15) is 0 Å². The summed E-state index contributed by atoms with van der Waals surface area (Å²) in [6.45, 7) is -0.394. The van der Waals surface area contributed by atoms with E-state index in [-0.39, 0.29) is 23.7 Å². The van der Waals surface area contributed by atoms with E-state index in [2.05, 4.69) is 16.0 Å². The van der Waals surface area contributed by atoms with Crippen LogP contribution < -0.4 is 16.0 Å². The predicted molar refractivity (Wildman–Crippen MR) is 106 cm³/mol. The molecule has 2 aromatic carbocycles. The minimum atomic E-state index is -3.62. The summed E-state index contributed by atoms with van der Waals surface area (Å²) >= 11 is 0. The standard InChI is InChI=1S/C18H18F2N4O6S/c1-31(29,30)12-3-5-15(16(9-12)24(27)28)21-6-7-22-17(25)10-23-18(26)13-4-2-11(19)8-14(13)20/h2-5,8-9,21H,6-7,10H2,1H3,(H,22,25)(H,23,26). The molecular formula is C18H18F2N4O6S. The molecule has 0 aromatic heterocycles. The molecule has 0 aliphatic rings. The number of nitro benzene ring substituents is 1. The summed E-state index contributed by atoms with van der Waals surface area (Å²) in [5.74, 6) is -3.41. The lowest BCUT2D eigenvalue weighted by Gasteiger charge is -2.10. The third-order valence-corrected chi connectivity index (χ3v) is 5.05. The van der Waals surface area contributed by atoms with Crippen LogP contribution in [0, 0.1) is 21.7 Å². The zero-order valence-electron chi connectivity index (χ0n) is 16.1. The second-order valence-corrected chi connectivity index (χ2v) is 8.31. The van der Waals surface area contributed by atoms with Gasteiger partial charge in [0, 0.05) is 31.5 Å². The molecule has 0 aliphatic carbocycles. The average molecular weight is 456 g/mol. The van der Waals surface area contributed by atoms with E-state index in [4.69, 9.17) is 0 Å². The van der Waals surface area contributed by atoms with Crippen molar-refractivity contribution in [3.63, 3.8) is 0 Å². The lowest BCUT2D eigenvalue weighted by molar-refractivity contribution is -0.384. The summed E-state index contributed by atoms with van der Waals surface area (Å²) in [5.41, 5.74) is -0.796. The zero-order chi connectivity index (χ0) is 23.2. The number of amides is 2. The molecule has 0 atom stereocenters. The summed E-state index contributed by atoms with van der Waals surface area (Å²) in [6, 6.07) is 5.79. The van der Waals surface area contributed by atoms with Crippen LogP contribution in [0.2, 0.25) is 0 Å². The van der Waals surface area contributed by atoms with Crippen molar-refractivity contribution in [3.05, 3.63) is 63.7 Å². The topological polar surface area (TPSA) is 148 Å². The van der Waals surface area contributed by atoms with Gasteiger partial charge in [0.15, 0.2) is 9.84 Å². The summed E-state index contributed by atoms with van der Waals surface area (Å²) in [5, 5.41) is 18.5. The predicted octanol–water partition coefficient (Wildman–Crippen LogP) is 1.23. The number of nitrogens with one attached hydrogen (secondary N) is 3. The number of halogens is 2. The van der Waals surface area contributed by atoms with Gasteiger partial charge in [0.1, 0.15) is 17.3 Å². The number of rotatable bonds is 9. The van der Waals surface area contributed by atoms with Gasteiger partial charge in [-0.3, -0.25) is 19.7 Å². The Hall–Kier alpha value is -3.61. The zero-order valence-corrected chi connectivity index (χ0v) is 17.0. The molecule has 2 aromatic rings. The van der Waals surface area contributed by atoms with Crippen LogP contribution in [0.4, 0.5) is 20.2 Å². The molecule has 0 saturated carbocycles. The Morgan fingerprint density at radius 3 is 2.39 bits per heavy atom. The Kier molecular flexibility index (Phi) is 7.58. The summed E-state index contributed by atoms with van der Waals surface area (Å²) in [4.78, 5) is 33.8. The quantitative estimate of drug-likeness (QED) is 0.292. The van der Waals surface area contributed by atoms with Crippen molar-refractivity contribution in [1.82, 2.24) is 10.6 Å². The van der Waals surface area contributed by atoms with Crippen LogP contribution in [0.3, 0.4) is 0 Å². The monoisotopic (exact) mass is 456 g/mol. The van der Waals surface area contributed by atoms with Gasteiger partial charge in [-0.25, -0.2) is 17.2 Å². The van der Waals surface area contributed by atoms with Gasteiger partial charge >= 0.3 is 0 Å². The Balaban J connectivity index is 1.84. The lowest BCUT2D eigenvalue weighted by atomic mass is 10.2. The Bertz CT molecular complexity index is 1120. The van der Waals surface area contributed by atoms with E-state index in [9.17, 15) is 36.9 Å². The van der Waals surface area contributed by atoms with Gasteiger partial charge in [0.25, 0.3) is 11.6 Å². The minimum absolute atomic E-state index is 0.0184. The molecular weight excluding hydrogens is 438 g/mol. The lowest BCUT2D eigenvalue weighted by Crippen LogP contribution is -2.38. The van der Waals surface area contributed by atoms with Crippen LogP contribution in [0.5, 0.6) is 0 Å². The number of sulfone groups is 1. The molecule has 0 aliphatic heterocycles. The van der Waals surface area contributed by atoms with Crippen LogP contribution in [-0.4, -0.2) is 51.0 Å². The fourth-order valence-corrected chi connectivity index (χ4v) is 3.07.